The van der Waals surface area contributed by atoms with Gasteiger partial charge in [-0.25, -0.2) is 15.1 Å². The first-order valence-electron chi connectivity index (χ1n) is 7.91. The summed E-state index contributed by atoms with van der Waals surface area (Å²) in [5, 5.41) is 17.0. The number of esters is 2. The molecular weight excluding hydrogens is 360 g/mol. The fourth-order valence-electron chi connectivity index (χ4n) is 2.53. The molecule has 2 unspecified atom stereocenters. The first-order chi connectivity index (χ1) is 13.0. The molecule has 11 heteroatoms. The predicted octanol–water partition coefficient (Wildman–Crippen LogP) is -0.0302. The van der Waals surface area contributed by atoms with Gasteiger partial charge in [-0.15, -0.1) is 0 Å². The second-order valence-electron chi connectivity index (χ2n) is 5.63. The molecule has 1 saturated heterocycles. The molecule has 0 spiro atoms. The first-order valence-corrected chi connectivity index (χ1v) is 7.91. The van der Waals surface area contributed by atoms with Crippen LogP contribution >= 0.6 is 0 Å². The van der Waals surface area contributed by atoms with Crippen LogP contribution in [0.1, 0.15) is 12.0 Å². The third kappa shape index (κ3) is 4.39. The van der Waals surface area contributed by atoms with Crippen molar-refractivity contribution in [2.45, 2.75) is 25.4 Å². The third-order valence-corrected chi connectivity index (χ3v) is 3.83. The molecule has 0 aromatic carbocycles. The van der Waals surface area contributed by atoms with Gasteiger partial charge in [0.1, 0.15) is 5.57 Å². The number of pyridine rings is 1. The zero-order valence-corrected chi connectivity index (χ0v) is 14.2. The van der Waals surface area contributed by atoms with E-state index in [1.54, 1.807) is 6.07 Å². The van der Waals surface area contributed by atoms with E-state index < -0.39 is 41.6 Å². The van der Waals surface area contributed by atoms with E-state index in [-0.39, 0.29) is 12.0 Å². The van der Waals surface area contributed by atoms with Crippen LogP contribution in [-0.4, -0.2) is 41.5 Å². The molecule has 1 fully saturated rings. The molecule has 0 saturated carbocycles. The number of allylic oxidation sites excluding steroid dienone is 1. The average molecular weight is 376 g/mol. The predicted molar refractivity (Wildman–Crippen MR) is 88.3 cm³/mol. The molecule has 2 aliphatic heterocycles. The lowest BCUT2D eigenvalue weighted by atomic mass is 10.0. The van der Waals surface area contributed by atoms with Crippen molar-refractivity contribution in [3.05, 3.63) is 57.6 Å². The molecule has 2 atom stereocenters. The quantitative estimate of drug-likeness (QED) is 0.318. The van der Waals surface area contributed by atoms with Gasteiger partial charge in [0.15, 0.2) is 6.23 Å². The number of nitrogens with zero attached hydrogens (tertiary/aromatic N) is 2. The van der Waals surface area contributed by atoms with Crippen molar-refractivity contribution in [2.75, 3.05) is 7.11 Å². The lowest BCUT2D eigenvalue weighted by molar-refractivity contribution is -0.428. The van der Waals surface area contributed by atoms with Crippen LogP contribution in [0.4, 0.5) is 0 Å². The molecule has 1 aromatic heterocycles. The summed E-state index contributed by atoms with van der Waals surface area (Å²) in [6.45, 7) is 0. The minimum atomic E-state index is -0.985. The molecule has 0 aliphatic carbocycles. The van der Waals surface area contributed by atoms with Gasteiger partial charge in [0.2, 0.25) is 12.2 Å². The number of fused-ring (bicyclic) bond motifs is 2. The second kappa shape index (κ2) is 7.83. The van der Waals surface area contributed by atoms with Crippen LogP contribution in [0.25, 0.3) is 0 Å². The fraction of sp³-hybridized carbons (Fsp3) is 0.312. The van der Waals surface area contributed by atoms with E-state index in [4.69, 9.17) is 14.2 Å². The number of methoxy groups -OCH3 is 1. The van der Waals surface area contributed by atoms with E-state index in [0.29, 0.717) is 11.4 Å². The summed E-state index contributed by atoms with van der Waals surface area (Å²) in [4.78, 5) is 39.4. The molecule has 142 valence electrons. The molecular formula is C16H16N4O7. The van der Waals surface area contributed by atoms with E-state index >= 15 is 0 Å². The van der Waals surface area contributed by atoms with Gasteiger partial charge < -0.3 is 19.5 Å². The molecule has 3 rings (SSSR count). The Morgan fingerprint density at radius 1 is 1.41 bits per heavy atom. The van der Waals surface area contributed by atoms with Gasteiger partial charge in [-0.3, -0.25) is 14.9 Å². The summed E-state index contributed by atoms with van der Waals surface area (Å²) in [5.74, 6) is -1.43. The van der Waals surface area contributed by atoms with Crippen LogP contribution in [-0.2, 0) is 25.5 Å². The largest absolute Gasteiger partial charge is 0.481 e. The molecule has 1 aromatic rings. The average Bonchev–Trinajstić information content (AvgIpc) is 2.68. The van der Waals surface area contributed by atoms with Gasteiger partial charge in [0.25, 0.3) is 5.70 Å². The Labute approximate surface area is 153 Å². The Kier molecular flexibility index (Phi) is 5.31. The number of rotatable bonds is 4. The summed E-state index contributed by atoms with van der Waals surface area (Å²) in [6.07, 6.45) is 1.76. The van der Waals surface area contributed by atoms with Crippen LogP contribution in [0.15, 0.2) is 41.9 Å². The highest BCUT2D eigenvalue weighted by molar-refractivity contribution is 5.94. The number of aromatic nitrogens is 1. The molecule has 2 N–H and O–H groups in total. The van der Waals surface area contributed by atoms with E-state index in [2.05, 4.69) is 15.6 Å². The van der Waals surface area contributed by atoms with Crippen molar-refractivity contribution in [3.8, 4) is 5.88 Å². The monoisotopic (exact) mass is 376 g/mol. The van der Waals surface area contributed by atoms with Crippen molar-refractivity contribution in [2.24, 2.45) is 0 Å². The third-order valence-electron chi connectivity index (χ3n) is 3.83. The minimum absolute atomic E-state index is 0.227. The van der Waals surface area contributed by atoms with Gasteiger partial charge in [-0.2, -0.15) is 0 Å². The van der Waals surface area contributed by atoms with E-state index in [0.717, 1.165) is 0 Å². The number of carbonyl (C=O) groups excluding carboxylic acids is 2. The van der Waals surface area contributed by atoms with Gasteiger partial charge in [0, 0.05) is 18.5 Å². The summed E-state index contributed by atoms with van der Waals surface area (Å²) >= 11 is 0. The first kappa shape index (κ1) is 18.3. The SMILES string of the molecule is COc1ccc(C/C(=C2\CC(=O)OC3C=CNC(N3)OC2=O)[N+](=O)[O-])cn1. The second-order valence-corrected chi connectivity index (χ2v) is 5.63. The highest BCUT2D eigenvalue weighted by atomic mass is 16.6. The topological polar surface area (TPSA) is 142 Å². The van der Waals surface area contributed by atoms with Crippen molar-refractivity contribution in [1.82, 2.24) is 15.6 Å². The summed E-state index contributed by atoms with van der Waals surface area (Å²) < 4.78 is 15.2. The zero-order chi connectivity index (χ0) is 19.4. The molecule has 0 radical (unpaired) electrons. The van der Waals surface area contributed by atoms with Gasteiger partial charge in [-0.1, -0.05) is 6.07 Å². The smallest absolute Gasteiger partial charge is 0.344 e. The van der Waals surface area contributed by atoms with Crippen molar-refractivity contribution in [1.29, 1.82) is 0 Å². The molecule has 2 aliphatic rings. The Morgan fingerprint density at radius 2 is 2.22 bits per heavy atom. The van der Waals surface area contributed by atoms with Gasteiger partial charge in [-0.05, 0) is 11.6 Å². The number of hydrogen-bond acceptors (Lipinski definition) is 10. The normalized spacial score (nSPS) is 23.7. The highest BCUT2D eigenvalue weighted by Gasteiger charge is 2.34. The lowest BCUT2D eigenvalue weighted by Gasteiger charge is -2.25. The Balaban J connectivity index is 1.93. The molecule has 0 amide bonds. The van der Waals surface area contributed by atoms with Crippen LogP contribution in [0.2, 0.25) is 0 Å². The van der Waals surface area contributed by atoms with Gasteiger partial charge >= 0.3 is 11.9 Å². The van der Waals surface area contributed by atoms with Crippen molar-refractivity contribution in [3.63, 3.8) is 0 Å². The summed E-state index contributed by atoms with van der Waals surface area (Å²) in [7, 11) is 1.44. The standard InChI is InChI=1S/C16H16N4O7/c1-25-12-3-2-9(8-18-12)6-11(20(23)24)10-7-14(21)26-13-4-5-17-16(19-13)27-15(10)22/h2-5,8,13,16-17,19H,6-7H2,1H3/b11-10-. The van der Waals surface area contributed by atoms with Crippen LogP contribution < -0.4 is 15.4 Å². The highest BCUT2D eigenvalue weighted by Crippen LogP contribution is 2.21. The Morgan fingerprint density at radius 3 is 2.89 bits per heavy atom. The zero-order valence-electron chi connectivity index (χ0n) is 14.2. The molecule has 2 bridgehead atoms. The summed E-state index contributed by atoms with van der Waals surface area (Å²) in [5.41, 5.74) is -0.377. The van der Waals surface area contributed by atoms with Gasteiger partial charge in [0.05, 0.1) is 24.9 Å². The number of ether oxygens (including phenoxy) is 3. The molecule has 11 nitrogen and oxygen atoms in total. The van der Waals surface area contributed by atoms with E-state index in [1.807, 2.05) is 0 Å². The van der Waals surface area contributed by atoms with Crippen LogP contribution in [0.3, 0.4) is 0 Å². The summed E-state index contributed by atoms with van der Waals surface area (Å²) in [6, 6.07) is 3.12. The van der Waals surface area contributed by atoms with Crippen LogP contribution in [0, 0.1) is 10.1 Å². The van der Waals surface area contributed by atoms with Crippen LogP contribution in [0.5, 0.6) is 5.88 Å². The number of nitrogens with one attached hydrogen (secondary N) is 2. The molecule has 27 heavy (non-hydrogen) atoms. The van der Waals surface area contributed by atoms with Crippen molar-refractivity contribution < 1.29 is 28.7 Å². The van der Waals surface area contributed by atoms with E-state index in [1.165, 1.54) is 31.6 Å². The number of carbonyl (C=O) groups is 2. The van der Waals surface area contributed by atoms with Crippen molar-refractivity contribution >= 4 is 11.9 Å². The maximum Gasteiger partial charge on any atom is 0.344 e. The fourth-order valence-corrected chi connectivity index (χ4v) is 2.53. The maximum atomic E-state index is 12.5. The maximum absolute atomic E-state index is 12.5. The lowest BCUT2D eigenvalue weighted by Crippen LogP contribution is -2.51. The molecule has 3 heterocycles. The van der Waals surface area contributed by atoms with E-state index in [9.17, 15) is 19.7 Å². The Bertz CT molecular complexity index is 819. The Hall–Kier alpha value is -3.47. The number of hydrogen-bond donors (Lipinski definition) is 2. The minimum Gasteiger partial charge on any atom is -0.481 e. The number of nitro groups is 1.